The van der Waals surface area contributed by atoms with Gasteiger partial charge in [-0.1, -0.05) is 29.4 Å². The van der Waals surface area contributed by atoms with Gasteiger partial charge in [0.05, 0.1) is 23.7 Å². The molecule has 0 aliphatic rings. The summed E-state index contributed by atoms with van der Waals surface area (Å²) in [6.45, 7) is -0.996. The van der Waals surface area contributed by atoms with E-state index in [-0.39, 0.29) is 17.6 Å². The number of nitrogens with zero attached hydrogens (tertiary/aromatic N) is 5. The Bertz CT molecular complexity index is 1490. The van der Waals surface area contributed by atoms with E-state index in [4.69, 9.17) is 0 Å². The van der Waals surface area contributed by atoms with Gasteiger partial charge in [-0.15, -0.1) is 16.9 Å². The predicted molar refractivity (Wildman–Crippen MR) is 134 cm³/mol. The molecule has 218 valence electrons. The van der Waals surface area contributed by atoms with E-state index in [9.17, 15) is 39.5 Å². The van der Waals surface area contributed by atoms with Gasteiger partial charge in [0.1, 0.15) is 0 Å². The normalized spacial score (nSPS) is 12.6. The maximum absolute atomic E-state index is 13.7. The van der Waals surface area contributed by atoms with Gasteiger partial charge in [0.25, 0.3) is 5.95 Å². The van der Waals surface area contributed by atoms with Crippen LogP contribution < -0.4 is 4.90 Å². The molecule has 0 N–H and O–H groups in total. The summed E-state index contributed by atoms with van der Waals surface area (Å²) in [7, 11) is 1.38. The molecule has 0 aliphatic heterocycles. The number of thioether (sulfide) groups is 1. The molecule has 0 radical (unpaired) electrons. The fourth-order valence-corrected chi connectivity index (χ4v) is 4.78. The molecule has 4 aromatic rings. The molecule has 0 unspecified atom stereocenters. The Morgan fingerprint density at radius 2 is 1.34 bits per heavy atom. The number of benzene rings is 3. The van der Waals surface area contributed by atoms with E-state index in [1.165, 1.54) is 29.8 Å². The number of aromatic nitrogens is 4. The first-order chi connectivity index (χ1) is 19.1. The molecule has 0 amide bonds. The fraction of sp³-hybridized carbons (Fsp3) is 0.269. The number of aryl methyl sites for hydroxylation is 1. The van der Waals surface area contributed by atoms with E-state index in [0.717, 1.165) is 21.8 Å². The highest BCUT2D eigenvalue weighted by molar-refractivity contribution is 7.98. The summed E-state index contributed by atoms with van der Waals surface area (Å²) in [5, 5.41) is 11.5. The highest BCUT2D eigenvalue weighted by Gasteiger charge is 2.37. The third-order valence-corrected chi connectivity index (χ3v) is 6.79. The molecule has 4 rings (SSSR count). The topological polar surface area (TPSA) is 46.8 Å². The van der Waals surface area contributed by atoms with Gasteiger partial charge in [-0.2, -0.15) is 44.3 Å². The SMILES string of the molecule is CSc1ccccc1-c1ccc(C(F)(F)F)cc1CN(Cc1cc(C(F)(F)F)cc(C(F)(F)F)c1)c1nnn(C)n1. The molecule has 0 spiro atoms. The van der Waals surface area contributed by atoms with Gasteiger partial charge in [-0.3, -0.25) is 0 Å². The zero-order valence-electron chi connectivity index (χ0n) is 21.2. The van der Waals surface area contributed by atoms with E-state index in [2.05, 4.69) is 15.4 Å². The third kappa shape index (κ3) is 7.13. The van der Waals surface area contributed by atoms with Crippen LogP contribution in [0.2, 0.25) is 0 Å². The lowest BCUT2D eigenvalue weighted by molar-refractivity contribution is -0.143. The van der Waals surface area contributed by atoms with Crippen molar-refractivity contribution in [2.24, 2.45) is 7.05 Å². The van der Waals surface area contributed by atoms with Gasteiger partial charge in [0.2, 0.25) is 0 Å². The lowest BCUT2D eigenvalue weighted by Gasteiger charge is -2.25. The van der Waals surface area contributed by atoms with Crippen LogP contribution in [0.5, 0.6) is 0 Å². The number of hydrogen-bond acceptors (Lipinski definition) is 5. The first kappa shape index (κ1) is 30.2. The molecule has 1 heterocycles. The Morgan fingerprint density at radius 1 is 0.732 bits per heavy atom. The molecule has 0 saturated carbocycles. The van der Waals surface area contributed by atoms with Crippen LogP contribution in [-0.4, -0.2) is 26.5 Å². The number of hydrogen-bond donors (Lipinski definition) is 0. The van der Waals surface area contributed by atoms with Crippen LogP contribution in [0, 0.1) is 0 Å². The monoisotopic (exact) mass is 605 g/mol. The minimum atomic E-state index is -5.08. The van der Waals surface area contributed by atoms with Gasteiger partial charge < -0.3 is 4.90 Å². The summed E-state index contributed by atoms with van der Waals surface area (Å²) < 4.78 is 122. The largest absolute Gasteiger partial charge is 0.416 e. The second-order valence-corrected chi connectivity index (χ2v) is 9.77. The Kier molecular flexibility index (Phi) is 8.30. The van der Waals surface area contributed by atoms with Gasteiger partial charge in [-0.25, -0.2) is 0 Å². The summed E-state index contributed by atoms with van der Waals surface area (Å²) >= 11 is 1.35. The van der Waals surface area contributed by atoms with Gasteiger partial charge in [0.15, 0.2) is 0 Å². The van der Waals surface area contributed by atoms with Crippen LogP contribution in [-0.2, 0) is 38.7 Å². The molecular weight excluding hydrogens is 585 g/mol. The van der Waals surface area contributed by atoms with Crippen molar-refractivity contribution in [3.05, 3.63) is 88.5 Å². The molecule has 0 bridgehead atoms. The molecule has 15 heteroatoms. The van der Waals surface area contributed by atoms with E-state index >= 15 is 0 Å². The molecule has 0 aliphatic carbocycles. The quantitative estimate of drug-likeness (QED) is 0.159. The first-order valence-electron chi connectivity index (χ1n) is 11.7. The Morgan fingerprint density at radius 3 is 1.88 bits per heavy atom. The van der Waals surface area contributed by atoms with Crippen LogP contribution in [0.15, 0.2) is 65.6 Å². The minimum Gasteiger partial charge on any atom is -0.330 e. The Balaban J connectivity index is 1.86. The van der Waals surface area contributed by atoms with Crippen molar-refractivity contribution < 1.29 is 39.5 Å². The highest BCUT2D eigenvalue weighted by Crippen LogP contribution is 2.39. The molecular formula is C26H20F9N5S. The zero-order valence-corrected chi connectivity index (χ0v) is 22.1. The van der Waals surface area contributed by atoms with Gasteiger partial charge >= 0.3 is 18.5 Å². The molecule has 41 heavy (non-hydrogen) atoms. The lowest BCUT2D eigenvalue weighted by Crippen LogP contribution is -2.25. The van der Waals surface area contributed by atoms with E-state index in [0.29, 0.717) is 23.3 Å². The number of tetrazole rings is 1. The van der Waals surface area contributed by atoms with Gasteiger partial charge in [-0.05, 0) is 70.1 Å². The second kappa shape index (κ2) is 11.3. The van der Waals surface area contributed by atoms with Crippen molar-refractivity contribution in [1.29, 1.82) is 0 Å². The predicted octanol–water partition coefficient (Wildman–Crippen LogP) is 7.86. The third-order valence-electron chi connectivity index (χ3n) is 5.99. The molecule has 0 saturated heterocycles. The standard InChI is InChI=1S/C26H20F9N5S/c1-39-37-23(36-38-39)40(13-15-9-18(25(30,31)32)12-19(10-15)26(33,34)35)14-16-11-17(24(27,28)29)7-8-20(16)21-5-3-4-6-22(21)41-2/h3-12H,13-14H2,1-2H3. The summed E-state index contributed by atoms with van der Waals surface area (Å²) in [5.74, 6) is -0.208. The molecule has 0 fully saturated rings. The average Bonchev–Trinajstić information content (AvgIpc) is 3.32. The lowest BCUT2D eigenvalue weighted by atomic mass is 9.96. The van der Waals surface area contributed by atoms with E-state index < -0.39 is 53.9 Å². The van der Waals surface area contributed by atoms with Crippen molar-refractivity contribution in [2.45, 2.75) is 36.5 Å². The van der Waals surface area contributed by atoms with Crippen LogP contribution in [0.4, 0.5) is 45.5 Å². The second-order valence-electron chi connectivity index (χ2n) is 8.92. The maximum Gasteiger partial charge on any atom is 0.416 e. The van der Waals surface area contributed by atoms with Crippen LogP contribution in [0.1, 0.15) is 27.8 Å². The highest BCUT2D eigenvalue weighted by atomic mass is 32.2. The first-order valence-corrected chi connectivity index (χ1v) is 12.9. The fourth-order valence-electron chi connectivity index (χ4n) is 4.17. The summed E-state index contributed by atoms with van der Waals surface area (Å²) in [6.07, 6.45) is -13.1. The van der Waals surface area contributed by atoms with Crippen molar-refractivity contribution in [2.75, 3.05) is 11.2 Å². The van der Waals surface area contributed by atoms with Crippen molar-refractivity contribution >= 4 is 17.7 Å². The van der Waals surface area contributed by atoms with Gasteiger partial charge in [0, 0.05) is 18.0 Å². The minimum absolute atomic E-state index is 0.00132. The van der Waals surface area contributed by atoms with E-state index in [1.807, 2.05) is 0 Å². The maximum atomic E-state index is 13.7. The van der Waals surface area contributed by atoms with E-state index in [1.54, 1.807) is 30.5 Å². The zero-order chi connectivity index (χ0) is 30.2. The molecule has 1 aromatic heterocycles. The number of halogens is 9. The summed E-state index contributed by atoms with van der Waals surface area (Å²) in [6, 6.07) is 11.1. The van der Waals surface area contributed by atoms with Crippen LogP contribution >= 0.6 is 11.8 Å². The Labute approximate surface area is 232 Å². The number of rotatable bonds is 7. The van der Waals surface area contributed by atoms with Crippen LogP contribution in [0.25, 0.3) is 11.1 Å². The molecule has 3 aromatic carbocycles. The van der Waals surface area contributed by atoms with Crippen molar-refractivity contribution in [3.63, 3.8) is 0 Å². The Hall–Kier alpha value is -3.75. The van der Waals surface area contributed by atoms with Crippen molar-refractivity contribution in [3.8, 4) is 11.1 Å². The molecule has 0 atom stereocenters. The summed E-state index contributed by atoms with van der Waals surface area (Å²) in [4.78, 5) is 2.92. The average molecular weight is 606 g/mol. The van der Waals surface area contributed by atoms with Crippen molar-refractivity contribution in [1.82, 2.24) is 20.2 Å². The number of anilines is 1. The molecule has 5 nitrogen and oxygen atoms in total. The summed E-state index contributed by atoms with van der Waals surface area (Å²) in [5.41, 5.74) is -3.37. The smallest absolute Gasteiger partial charge is 0.330 e. The number of alkyl halides is 9. The van der Waals surface area contributed by atoms with Crippen LogP contribution in [0.3, 0.4) is 0 Å².